The van der Waals surface area contributed by atoms with E-state index in [2.05, 4.69) is 16.6 Å². The van der Waals surface area contributed by atoms with E-state index in [0.29, 0.717) is 13.1 Å². The van der Waals surface area contributed by atoms with Gasteiger partial charge in [0.2, 0.25) is 0 Å². The van der Waals surface area contributed by atoms with Gasteiger partial charge in [-0.2, -0.15) is 0 Å². The average molecular weight is 170 g/mol. The minimum Gasteiger partial charge on any atom is -0.445 e. The van der Waals surface area contributed by atoms with Gasteiger partial charge < -0.3 is 15.8 Å². The van der Waals surface area contributed by atoms with E-state index in [1.54, 1.807) is 12.2 Å². The highest BCUT2D eigenvalue weighted by atomic mass is 16.5. The highest BCUT2D eigenvalue weighted by Crippen LogP contribution is 1.77. The van der Waals surface area contributed by atoms with Crippen LogP contribution in [0.5, 0.6) is 0 Å². The van der Waals surface area contributed by atoms with Crippen molar-refractivity contribution < 1.29 is 9.53 Å². The molecule has 0 aromatic rings. The van der Waals surface area contributed by atoms with Crippen molar-refractivity contribution in [2.75, 3.05) is 19.7 Å². The summed E-state index contributed by atoms with van der Waals surface area (Å²) in [4.78, 5) is 10.7. The standard InChI is InChI=1S/C8H14N2O2/c1-2-7-12-8(11)10-6-4-3-5-9/h2-4H,1,5-7,9H2,(H,10,11)/b4-3+. The number of hydrogen-bond acceptors (Lipinski definition) is 3. The minimum absolute atomic E-state index is 0.229. The molecular formula is C8H14N2O2. The lowest BCUT2D eigenvalue weighted by molar-refractivity contribution is 0.159. The summed E-state index contributed by atoms with van der Waals surface area (Å²) in [5.41, 5.74) is 5.18. The first kappa shape index (κ1) is 10.7. The molecule has 0 atom stereocenters. The molecule has 0 saturated heterocycles. The molecule has 1 amide bonds. The van der Waals surface area contributed by atoms with E-state index in [-0.39, 0.29) is 6.61 Å². The first-order valence-corrected chi connectivity index (χ1v) is 3.68. The van der Waals surface area contributed by atoms with E-state index in [1.165, 1.54) is 6.08 Å². The molecule has 0 aromatic carbocycles. The van der Waals surface area contributed by atoms with E-state index in [4.69, 9.17) is 5.73 Å². The summed E-state index contributed by atoms with van der Waals surface area (Å²) in [6.45, 7) is 4.55. The third-order valence-electron chi connectivity index (χ3n) is 0.999. The Hall–Kier alpha value is -1.29. The molecule has 0 aromatic heterocycles. The van der Waals surface area contributed by atoms with Crippen LogP contribution in [0.4, 0.5) is 4.79 Å². The molecule has 4 nitrogen and oxygen atoms in total. The summed E-state index contributed by atoms with van der Waals surface area (Å²) in [6, 6.07) is 0. The quantitative estimate of drug-likeness (QED) is 0.587. The van der Waals surface area contributed by atoms with Gasteiger partial charge in [-0.3, -0.25) is 0 Å². The first-order valence-electron chi connectivity index (χ1n) is 3.68. The number of carbonyl (C=O) groups excluding carboxylic acids is 1. The predicted molar refractivity (Wildman–Crippen MR) is 47.7 cm³/mol. The second-order valence-corrected chi connectivity index (χ2v) is 1.98. The first-order chi connectivity index (χ1) is 5.81. The molecule has 0 aliphatic heterocycles. The molecule has 0 spiro atoms. The molecule has 0 fully saturated rings. The van der Waals surface area contributed by atoms with E-state index < -0.39 is 6.09 Å². The zero-order valence-electron chi connectivity index (χ0n) is 6.95. The van der Waals surface area contributed by atoms with Gasteiger partial charge in [-0.1, -0.05) is 24.8 Å². The maximum absolute atomic E-state index is 10.7. The second-order valence-electron chi connectivity index (χ2n) is 1.98. The Morgan fingerprint density at radius 3 is 2.92 bits per heavy atom. The maximum atomic E-state index is 10.7. The Bertz CT molecular complexity index is 166. The number of amides is 1. The van der Waals surface area contributed by atoms with Crippen LogP contribution in [0.1, 0.15) is 0 Å². The summed E-state index contributed by atoms with van der Waals surface area (Å²) < 4.78 is 4.64. The molecule has 0 saturated carbocycles. The highest BCUT2D eigenvalue weighted by Gasteiger charge is 1.95. The highest BCUT2D eigenvalue weighted by molar-refractivity contribution is 5.67. The number of ether oxygens (including phenoxy) is 1. The van der Waals surface area contributed by atoms with Gasteiger partial charge in [0, 0.05) is 13.1 Å². The van der Waals surface area contributed by atoms with Gasteiger partial charge in [0.25, 0.3) is 0 Å². The van der Waals surface area contributed by atoms with Gasteiger partial charge in [-0.05, 0) is 0 Å². The van der Waals surface area contributed by atoms with Crippen molar-refractivity contribution in [2.45, 2.75) is 0 Å². The van der Waals surface area contributed by atoms with Crippen molar-refractivity contribution in [3.8, 4) is 0 Å². The number of rotatable bonds is 5. The van der Waals surface area contributed by atoms with Gasteiger partial charge in [-0.25, -0.2) is 4.79 Å². The monoisotopic (exact) mass is 170 g/mol. The van der Waals surface area contributed by atoms with Crippen molar-refractivity contribution >= 4 is 6.09 Å². The summed E-state index contributed by atoms with van der Waals surface area (Å²) in [6.07, 6.45) is 4.58. The Kier molecular flexibility index (Phi) is 6.97. The Morgan fingerprint density at radius 2 is 2.33 bits per heavy atom. The lowest BCUT2D eigenvalue weighted by atomic mass is 10.5. The molecule has 0 aliphatic rings. The number of nitrogens with two attached hydrogens (primary N) is 1. The van der Waals surface area contributed by atoms with Crippen LogP contribution in [0, 0.1) is 0 Å². The normalized spacial score (nSPS) is 9.75. The van der Waals surface area contributed by atoms with Gasteiger partial charge in [-0.15, -0.1) is 0 Å². The number of hydrogen-bond donors (Lipinski definition) is 2. The molecular weight excluding hydrogens is 156 g/mol. The number of alkyl carbamates (subject to hydrolysis) is 1. The minimum atomic E-state index is -0.448. The smallest absolute Gasteiger partial charge is 0.407 e. The largest absolute Gasteiger partial charge is 0.445 e. The number of nitrogens with one attached hydrogen (secondary N) is 1. The summed E-state index contributed by atoms with van der Waals surface area (Å²) >= 11 is 0. The van der Waals surface area contributed by atoms with E-state index in [1.807, 2.05) is 0 Å². The van der Waals surface area contributed by atoms with E-state index in [0.717, 1.165) is 0 Å². The number of carbonyl (C=O) groups is 1. The maximum Gasteiger partial charge on any atom is 0.407 e. The third kappa shape index (κ3) is 6.82. The van der Waals surface area contributed by atoms with Crippen LogP contribution in [0.25, 0.3) is 0 Å². The fourth-order valence-electron chi connectivity index (χ4n) is 0.507. The Labute approximate surface area is 72.1 Å². The van der Waals surface area contributed by atoms with Crippen LogP contribution < -0.4 is 11.1 Å². The van der Waals surface area contributed by atoms with Crippen LogP contribution >= 0.6 is 0 Å². The van der Waals surface area contributed by atoms with Crippen molar-refractivity contribution in [2.24, 2.45) is 5.73 Å². The summed E-state index contributed by atoms with van der Waals surface area (Å²) in [7, 11) is 0. The lowest BCUT2D eigenvalue weighted by Gasteiger charge is -2.01. The third-order valence-corrected chi connectivity index (χ3v) is 0.999. The van der Waals surface area contributed by atoms with Crippen LogP contribution in [0.2, 0.25) is 0 Å². The zero-order chi connectivity index (χ0) is 9.23. The SMILES string of the molecule is C=CCOC(=O)NC/C=C/CN. The Balaban J connectivity index is 3.31. The van der Waals surface area contributed by atoms with Crippen LogP contribution in [0.3, 0.4) is 0 Å². The van der Waals surface area contributed by atoms with Crippen molar-refractivity contribution in [1.29, 1.82) is 0 Å². The van der Waals surface area contributed by atoms with Crippen molar-refractivity contribution in [3.63, 3.8) is 0 Å². The Morgan fingerprint density at radius 1 is 1.58 bits per heavy atom. The van der Waals surface area contributed by atoms with Crippen molar-refractivity contribution in [3.05, 3.63) is 24.8 Å². The molecule has 0 heterocycles. The summed E-state index contributed by atoms with van der Waals surface area (Å²) in [5, 5.41) is 2.50. The molecule has 0 unspecified atom stereocenters. The van der Waals surface area contributed by atoms with Crippen LogP contribution in [-0.2, 0) is 4.74 Å². The topological polar surface area (TPSA) is 64.3 Å². The molecule has 68 valence electrons. The van der Waals surface area contributed by atoms with Gasteiger partial charge in [0.05, 0.1) is 0 Å². The van der Waals surface area contributed by atoms with Crippen LogP contribution in [0.15, 0.2) is 24.8 Å². The molecule has 0 rings (SSSR count). The fourth-order valence-corrected chi connectivity index (χ4v) is 0.507. The lowest BCUT2D eigenvalue weighted by Crippen LogP contribution is -2.24. The van der Waals surface area contributed by atoms with E-state index in [9.17, 15) is 4.79 Å². The molecule has 12 heavy (non-hydrogen) atoms. The molecule has 4 heteroatoms. The van der Waals surface area contributed by atoms with Crippen molar-refractivity contribution in [1.82, 2.24) is 5.32 Å². The summed E-state index contributed by atoms with van der Waals surface area (Å²) in [5.74, 6) is 0. The molecule has 0 radical (unpaired) electrons. The molecule has 0 bridgehead atoms. The second kappa shape index (κ2) is 7.81. The molecule has 3 N–H and O–H groups in total. The van der Waals surface area contributed by atoms with Gasteiger partial charge in [0.1, 0.15) is 6.61 Å². The zero-order valence-corrected chi connectivity index (χ0v) is 6.95. The predicted octanol–water partition coefficient (Wildman–Crippen LogP) is 0.414. The van der Waals surface area contributed by atoms with Gasteiger partial charge >= 0.3 is 6.09 Å². The molecule has 0 aliphatic carbocycles. The fraction of sp³-hybridized carbons (Fsp3) is 0.375. The van der Waals surface area contributed by atoms with E-state index >= 15 is 0 Å². The van der Waals surface area contributed by atoms with Crippen LogP contribution in [-0.4, -0.2) is 25.8 Å². The average Bonchev–Trinajstić information content (AvgIpc) is 2.09. The van der Waals surface area contributed by atoms with Gasteiger partial charge in [0.15, 0.2) is 0 Å².